The van der Waals surface area contributed by atoms with Crippen molar-refractivity contribution < 1.29 is 18.7 Å². The first kappa shape index (κ1) is 28.4. The van der Waals surface area contributed by atoms with Gasteiger partial charge in [0.15, 0.2) is 0 Å². The number of rotatable bonds is 6. The number of nitrogens with zero attached hydrogens (tertiary/aromatic N) is 7. The molecule has 43 heavy (non-hydrogen) atoms. The highest BCUT2D eigenvalue weighted by Gasteiger charge is 2.35. The Labute approximate surface area is 248 Å². The van der Waals surface area contributed by atoms with Crippen LogP contribution in [-0.2, 0) is 17.7 Å². The Hall–Kier alpha value is -4.74. The van der Waals surface area contributed by atoms with Crippen molar-refractivity contribution in [2.24, 2.45) is 0 Å². The Kier molecular flexibility index (Phi) is 7.37. The van der Waals surface area contributed by atoms with Gasteiger partial charge in [0, 0.05) is 29.9 Å². The summed E-state index contributed by atoms with van der Waals surface area (Å²) < 4.78 is 25.9. The minimum Gasteiger partial charge on any atom is -0.444 e. The predicted molar refractivity (Wildman–Crippen MR) is 160 cm³/mol. The van der Waals surface area contributed by atoms with Crippen LogP contribution in [-0.4, -0.2) is 70.7 Å². The van der Waals surface area contributed by atoms with Crippen LogP contribution < -0.4 is 5.32 Å². The number of piperidine rings is 1. The van der Waals surface area contributed by atoms with Crippen molar-refractivity contribution in [1.29, 1.82) is 0 Å². The second-order valence-electron chi connectivity index (χ2n) is 11.8. The SMILES string of the molecule is CCc1nn(Cc2cnn(C3CCN(C(=O)OC(C)(C)C)CC3F)c2)c2cccc(NC(=O)c3cnc4ccccn34)c12. The lowest BCUT2D eigenvalue weighted by Crippen LogP contribution is -2.47. The predicted octanol–water partition coefficient (Wildman–Crippen LogP) is 5.26. The maximum Gasteiger partial charge on any atom is 0.410 e. The summed E-state index contributed by atoms with van der Waals surface area (Å²) in [4.78, 5) is 31.4. The number of aromatic nitrogens is 6. The van der Waals surface area contributed by atoms with E-state index in [9.17, 15) is 9.59 Å². The summed E-state index contributed by atoms with van der Waals surface area (Å²) in [6, 6.07) is 10.8. The van der Waals surface area contributed by atoms with E-state index in [1.54, 1.807) is 42.2 Å². The molecule has 5 aromatic rings. The lowest BCUT2D eigenvalue weighted by atomic mass is 10.0. The van der Waals surface area contributed by atoms with Crippen molar-refractivity contribution in [2.75, 3.05) is 18.4 Å². The topological polar surface area (TPSA) is 112 Å². The first-order chi connectivity index (χ1) is 20.6. The summed E-state index contributed by atoms with van der Waals surface area (Å²) in [5, 5.41) is 13.3. The van der Waals surface area contributed by atoms with E-state index in [0.29, 0.717) is 43.0 Å². The Morgan fingerprint density at radius 3 is 2.74 bits per heavy atom. The average Bonchev–Trinajstić information content (AvgIpc) is 3.70. The fourth-order valence-corrected chi connectivity index (χ4v) is 5.56. The van der Waals surface area contributed by atoms with Crippen molar-refractivity contribution in [3.8, 4) is 0 Å². The van der Waals surface area contributed by atoms with E-state index in [1.807, 2.05) is 60.4 Å². The average molecular weight is 587 g/mol. The molecule has 12 heteroatoms. The van der Waals surface area contributed by atoms with Gasteiger partial charge in [-0.2, -0.15) is 10.2 Å². The number of fused-ring (bicyclic) bond motifs is 2. The van der Waals surface area contributed by atoms with Crippen molar-refractivity contribution in [3.05, 3.63) is 78.1 Å². The Bertz CT molecular complexity index is 1800. The number of carbonyl (C=O) groups excluding carboxylic acids is 2. The van der Waals surface area contributed by atoms with Gasteiger partial charge in [-0.1, -0.05) is 19.1 Å². The molecule has 2 unspecified atom stereocenters. The zero-order valence-corrected chi connectivity index (χ0v) is 24.7. The highest BCUT2D eigenvalue weighted by atomic mass is 19.1. The van der Waals surface area contributed by atoms with Gasteiger partial charge in [-0.3, -0.25) is 18.6 Å². The van der Waals surface area contributed by atoms with Crippen LogP contribution in [0.4, 0.5) is 14.9 Å². The zero-order chi connectivity index (χ0) is 30.3. The Morgan fingerprint density at radius 2 is 1.98 bits per heavy atom. The molecule has 4 aromatic heterocycles. The third kappa shape index (κ3) is 5.69. The van der Waals surface area contributed by atoms with Gasteiger partial charge in [0.2, 0.25) is 0 Å². The van der Waals surface area contributed by atoms with Crippen LogP contribution in [0.25, 0.3) is 16.6 Å². The summed E-state index contributed by atoms with van der Waals surface area (Å²) in [6.07, 6.45) is 6.27. The molecule has 1 aliphatic rings. The highest BCUT2D eigenvalue weighted by molar-refractivity contribution is 6.08. The molecule has 1 N–H and O–H groups in total. The van der Waals surface area contributed by atoms with Gasteiger partial charge >= 0.3 is 6.09 Å². The molecule has 1 aromatic carbocycles. The number of carbonyl (C=O) groups is 2. The van der Waals surface area contributed by atoms with Gasteiger partial charge in [-0.15, -0.1) is 0 Å². The molecule has 1 saturated heterocycles. The number of hydrogen-bond donors (Lipinski definition) is 1. The number of hydrogen-bond acceptors (Lipinski definition) is 6. The number of benzene rings is 1. The Morgan fingerprint density at radius 1 is 1.14 bits per heavy atom. The molecule has 1 fully saturated rings. The number of amides is 2. The van der Waals surface area contributed by atoms with Crippen molar-refractivity contribution in [2.45, 2.75) is 64.9 Å². The highest BCUT2D eigenvalue weighted by Crippen LogP contribution is 2.30. The fourth-order valence-electron chi connectivity index (χ4n) is 5.56. The van der Waals surface area contributed by atoms with Gasteiger partial charge in [0.25, 0.3) is 5.91 Å². The summed E-state index contributed by atoms with van der Waals surface area (Å²) in [6.45, 7) is 8.18. The quantitative estimate of drug-likeness (QED) is 0.290. The number of pyridine rings is 1. The standard InChI is InChI=1S/C31H35FN8O3/c1-5-22-28-23(35-29(41)26-16-33-27-11-6-7-13-38(26)27)9-8-10-25(28)40(36-22)18-20-15-34-39(17-20)24-12-14-37(19-21(24)32)30(42)43-31(2,3)4/h6-11,13,15-17,21,24H,5,12,14,18-19H2,1-4H3,(H,35,41). The second kappa shape index (κ2) is 11.2. The molecule has 11 nitrogen and oxygen atoms in total. The number of alkyl halides is 1. The molecule has 6 rings (SSSR count). The molecular weight excluding hydrogens is 551 g/mol. The van der Waals surface area contributed by atoms with Gasteiger partial charge in [0.1, 0.15) is 23.1 Å². The van der Waals surface area contributed by atoms with Gasteiger partial charge in [-0.05, 0) is 57.9 Å². The largest absolute Gasteiger partial charge is 0.444 e. The molecule has 224 valence electrons. The van der Waals surface area contributed by atoms with Crippen LogP contribution in [0.5, 0.6) is 0 Å². The molecule has 1 aliphatic heterocycles. The minimum atomic E-state index is -1.27. The first-order valence-corrected chi connectivity index (χ1v) is 14.5. The molecule has 0 bridgehead atoms. The van der Waals surface area contributed by atoms with Crippen molar-refractivity contribution >= 4 is 34.2 Å². The fraction of sp³-hybridized carbons (Fsp3) is 0.387. The maximum atomic E-state index is 15.2. The third-order valence-corrected chi connectivity index (χ3v) is 7.57. The lowest BCUT2D eigenvalue weighted by Gasteiger charge is -2.35. The number of nitrogens with one attached hydrogen (secondary N) is 1. The number of imidazole rings is 1. The second-order valence-corrected chi connectivity index (χ2v) is 11.8. The smallest absolute Gasteiger partial charge is 0.410 e. The Balaban J connectivity index is 1.19. The lowest BCUT2D eigenvalue weighted by molar-refractivity contribution is 0.00574. The molecule has 2 atom stereocenters. The molecule has 0 spiro atoms. The third-order valence-electron chi connectivity index (χ3n) is 7.57. The molecule has 0 saturated carbocycles. The molecular formula is C31H35FN8O3. The van der Waals surface area contributed by atoms with E-state index in [0.717, 1.165) is 22.2 Å². The summed E-state index contributed by atoms with van der Waals surface area (Å²) in [5.41, 5.74) is 3.77. The van der Waals surface area contributed by atoms with Crippen molar-refractivity contribution in [1.82, 2.24) is 33.8 Å². The first-order valence-electron chi connectivity index (χ1n) is 14.5. The monoisotopic (exact) mass is 586 g/mol. The van der Waals surface area contributed by atoms with E-state index in [1.165, 1.54) is 4.90 Å². The normalized spacial score (nSPS) is 17.5. The van der Waals surface area contributed by atoms with E-state index in [2.05, 4.69) is 15.4 Å². The molecule has 5 heterocycles. The van der Waals surface area contributed by atoms with Crippen LogP contribution in [0.15, 0.2) is 61.2 Å². The van der Waals surface area contributed by atoms with E-state index in [4.69, 9.17) is 9.84 Å². The number of likely N-dealkylation sites (tertiary alicyclic amines) is 1. The van der Waals surface area contributed by atoms with E-state index < -0.39 is 23.9 Å². The van der Waals surface area contributed by atoms with Crippen LogP contribution >= 0.6 is 0 Å². The summed E-state index contributed by atoms with van der Waals surface area (Å²) in [5.74, 6) is -0.263. The van der Waals surface area contributed by atoms with Crippen molar-refractivity contribution in [3.63, 3.8) is 0 Å². The minimum absolute atomic E-state index is 0.0397. The van der Waals surface area contributed by atoms with Crippen LogP contribution in [0.2, 0.25) is 0 Å². The molecule has 0 aliphatic carbocycles. The number of anilines is 1. The summed E-state index contributed by atoms with van der Waals surface area (Å²) in [7, 11) is 0. The zero-order valence-electron chi connectivity index (χ0n) is 24.7. The number of ether oxygens (including phenoxy) is 1. The van der Waals surface area contributed by atoms with E-state index >= 15 is 4.39 Å². The van der Waals surface area contributed by atoms with Crippen LogP contribution in [0.1, 0.15) is 61.9 Å². The van der Waals surface area contributed by atoms with Gasteiger partial charge in [0.05, 0.1) is 48.4 Å². The maximum absolute atomic E-state index is 15.2. The molecule has 0 radical (unpaired) electrons. The van der Waals surface area contributed by atoms with Crippen LogP contribution in [0, 0.1) is 0 Å². The van der Waals surface area contributed by atoms with Gasteiger partial charge in [-0.25, -0.2) is 14.2 Å². The number of aryl methyl sites for hydroxylation is 1. The van der Waals surface area contributed by atoms with Crippen LogP contribution in [0.3, 0.4) is 0 Å². The summed E-state index contributed by atoms with van der Waals surface area (Å²) >= 11 is 0. The van der Waals surface area contributed by atoms with Gasteiger partial charge < -0.3 is 15.0 Å². The molecule has 2 amide bonds. The number of halogens is 1. The van der Waals surface area contributed by atoms with E-state index in [-0.39, 0.29) is 12.5 Å².